The van der Waals surface area contributed by atoms with E-state index in [1.165, 1.54) is 0 Å². The summed E-state index contributed by atoms with van der Waals surface area (Å²) in [6, 6.07) is 12.8. The van der Waals surface area contributed by atoms with E-state index in [0.29, 0.717) is 12.4 Å². The van der Waals surface area contributed by atoms with Crippen LogP contribution in [0.4, 0.5) is 0 Å². The van der Waals surface area contributed by atoms with Gasteiger partial charge in [0, 0.05) is 10.0 Å². The number of aromatic carboxylic acids is 1. The minimum atomic E-state index is -0.981. The second-order valence-electron chi connectivity index (χ2n) is 4.14. The Hall–Kier alpha value is -1.81. The molecule has 0 aliphatic carbocycles. The van der Waals surface area contributed by atoms with E-state index in [0.717, 1.165) is 15.6 Å². The zero-order valence-electron chi connectivity index (χ0n) is 10.4. The Morgan fingerprint density at radius 1 is 1.21 bits per heavy atom. The molecule has 0 aliphatic heterocycles. The van der Waals surface area contributed by atoms with Crippen LogP contribution in [-0.2, 0) is 6.61 Å². The van der Waals surface area contributed by atoms with Gasteiger partial charge in [0.05, 0.1) is 0 Å². The molecular weight excluding hydrogens is 308 g/mol. The summed E-state index contributed by atoms with van der Waals surface area (Å²) in [5, 5.41) is 9.15. The molecule has 0 atom stereocenters. The maximum absolute atomic E-state index is 11.2. The lowest BCUT2D eigenvalue weighted by Gasteiger charge is -2.12. The number of carbonyl (C=O) groups is 1. The van der Waals surface area contributed by atoms with Crippen LogP contribution >= 0.6 is 15.9 Å². The van der Waals surface area contributed by atoms with Gasteiger partial charge >= 0.3 is 5.97 Å². The van der Waals surface area contributed by atoms with E-state index in [2.05, 4.69) is 15.9 Å². The van der Waals surface area contributed by atoms with Crippen LogP contribution in [0.25, 0.3) is 0 Å². The van der Waals surface area contributed by atoms with Gasteiger partial charge in [-0.15, -0.1) is 0 Å². The minimum Gasteiger partial charge on any atom is -0.488 e. The number of carboxylic acid groups (broad SMARTS) is 1. The Bertz CT molecular complexity index is 608. The molecule has 0 amide bonds. The molecule has 2 aromatic carbocycles. The summed E-state index contributed by atoms with van der Waals surface area (Å²) in [4.78, 5) is 11.2. The first-order chi connectivity index (χ1) is 9.09. The van der Waals surface area contributed by atoms with Crippen LogP contribution in [0.1, 0.15) is 21.5 Å². The molecule has 1 N–H and O–H groups in total. The van der Waals surface area contributed by atoms with Crippen LogP contribution in [0, 0.1) is 6.92 Å². The Labute approximate surface area is 120 Å². The predicted octanol–water partition coefficient (Wildman–Crippen LogP) is 4.03. The maximum Gasteiger partial charge on any atom is 0.339 e. The summed E-state index contributed by atoms with van der Waals surface area (Å²) in [6.07, 6.45) is 0. The average Bonchev–Trinajstić information content (AvgIpc) is 2.38. The number of para-hydroxylation sites is 1. The van der Waals surface area contributed by atoms with Gasteiger partial charge in [-0.2, -0.15) is 0 Å². The van der Waals surface area contributed by atoms with Crippen molar-refractivity contribution in [2.75, 3.05) is 0 Å². The molecule has 3 nitrogen and oxygen atoms in total. The standard InChI is InChI=1S/C15H13BrO3/c1-10-5-4-7-12(15(17)18)14(10)19-9-11-6-2-3-8-13(11)16/h2-8H,9H2,1H3,(H,17,18). The lowest BCUT2D eigenvalue weighted by atomic mass is 10.1. The van der Waals surface area contributed by atoms with Crippen molar-refractivity contribution in [3.05, 3.63) is 63.6 Å². The number of carboxylic acids is 1. The van der Waals surface area contributed by atoms with Crippen molar-refractivity contribution in [3.63, 3.8) is 0 Å². The quantitative estimate of drug-likeness (QED) is 0.924. The smallest absolute Gasteiger partial charge is 0.339 e. The van der Waals surface area contributed by atoms with Gasteiger partial charge in [-0.3, -0.25) is 0 Å². The SMILES string of the molecule is Cc1cccc(C(=O)O)c1OCc1ccccc1Br. The van der Waals surface area contributed by atoms with Crippen molar-refractivity contribution < 1.29 is 14.6 Å². The predicted molar refractivity (Wildman–Crippen MR) is 76.6 cm³/mol. The van der Waals surface area contributed by atoms with E-state index >= 15 is 0 Å². The van der Waals surface area contributed by atoms with Crippen LogP contribution < -0.4 is 4.74 Å². The normalized spacial score (nSPS) is 10.2. The first-order valence-corrected chi connectivity index (χ1v) is 6.58. The van der Waals surface area contributed by atoms with Crippen LogP contribution in [0.15, 0.2) is 46.9 Å². The first-order valence-electron chi connectivity index (χ1n) is 5.78. The molecule has 0 saturated carbocycles. The van der Waals surface area contributed by atoms with Gasteiger partial charge in [0.25, 0.3) is 0 Å². The Kier molecular flexibility index (Phi) is 4.22. The molecule has 0 heterocycles. The molecule has 0 spiro atoms. The van der Waals surface area contributed by atoms with Crippen LogP contribution in [0.5, 0.6) is 5.75 Å². The summed E-state index contributed by atoms with van der Waals surface area (Å²) in [7, 11) is 0. The lowest BCUT2D eigenvalue weighted by molar-refractivity contribution is 0.0691. The van der Waals surface area contributed by atoms with E-state index in [9.17, 15) is 4.79 Å². The highest BCUT2D eigenvalue weighted by Crippen LogP contribution is 2.25. The molecule has 0 radical (unpaired) electrons. The van der Waals surface area contributed by atoms with Crippen LogP contribution in [-0.4, -0.2) is 11.1 Å². The van der Waals surface area contributed by atoms with Crippen molar-refractivity contribution in [2.24, 2.45) is 0 Å². The van der Waals surface area contributed by atoms with Crippen molar-refractivity contribution in [1.82, 2.24) is 0 Å². The molecule has 98 valence electrons. The van der Waals surface area contributed by atoms with Crippen molar-refractivity contribution in [3.8, 4) is 5.75 Å². The van der Waals surface area contributed by atoms with Gasteiger partial charge in [0.1, 0.15) is 17.9 Å². The van der Waals surface area contributed by atoms with Gasteiger partial charge in [-0.25, -0.2) is 4.79 Å². The van der Waals surface area contributed by atoms with Gasteiger partial charge in [0.15, 0.2) is 0 Å². The number of hydrogen-bond donors (Lipinski definition) is 1. The summed E-state index contributed by atoms with van der Waals surface area (Å²) in [5.74, 6) is -0.559. The average molecular weight is 321 g/mol. The fraction of sp³-hybridized carbons (Fsp3) is 0.133. The maximum atomic E-state index is 11.2. The van der Waals surface area contributed by atoms with Gasteiger partial charge in [-0.1, -0.05) is 46.3 Å². The molecule has 0 aromatic heterocycles. The molecular formula is C15H13BrO3. The fourth-order valence-corrected chi connectivity index (χ4v) is 2.18. The number of ether oxygens (including phenoxy) is 1. The number of aryl methyl sites for hydroxylation is 1. The number of hydrogen-bond acceptors (Lipinski definition) is 2. The van der Waals surface area contributed by atoms with E-state index in [1.54, 1.807) is 12.1 Å². The molecule has 19 heavy (non-hydrogen) atoms. The van der Waals surface area contributed by atoms with Gasteiger partial charge < -0.3 is 9.84 Å². The largest absolute Gasteiger partial charge is 0.488 e. The first kappa shape index (κ1) is 13.6. The van der Waals surface area contributed by atoms with E-state index < -0.39 is 5.97 Å². The third kappa shape index (κ3) is 3.15. The number of benzene rings is 2. The van der Waals surface area contributed by atoms with Gasteiger partial charge in [0.2, 0.25) is 0 Å². The third-order valence-corrected chi connectivity index (χ3v) is 3.55. The summed E-state index contributed by atoms with van der Waals surface area (Å²) in [5.41, 5.74) is 1.97. The third-order valence-electron chi connectivity index (χ3n) is 2.77. The minimum absolute atomic E-state index is 0.187. The number of rotatable bonds is 4. The Morgan fingerprint density at radius 2 is 1.95 bits per heavy atom. The molecule has 0 fully saturated rings. The highest BCUT2D eigenvalue weighted by atomic mass is 79.9. The van der Waals surface area contributed by atoms with E-state index in [1.807, 2.05) is 37.3 Å². The molecule has 0 bridgehead atoms. The summed E-state index contributed by atoms with van der Waals surface area (Å²) >= 11 is 3.44. The van der Waals surface area contributed by atoms with Crippen molar-refractivity contribution in [1.29, 1.82) is 0 Å². The second kappa shape index (κ2) is 5.89. The van der Waals surface area contributed by atoms with Crippen molar-refractivity contribution >= 4 is 21.9 Å². The summed E-state index contributed by atoms with van der Waals surface area (Å²) in [6.45, 7) is 2.16. The van der Waals surface area contributed by atoms with Crippen LogP contribution in [0.3, 0.4) is 0 Å². The Balaban J connectivity index is 2.25. The zero-order chi connectivity index (χ0) is 13.8. The highest BCUT2D eigenvalue weighted by molar-refractivity contribution is 9.10. The highest BCUT2D eigenvalue weighted by Gasteiger charge is 2.13. The van der Waals surface area contributed by atoms with Crippen LogP contribution in [0.2, 0.25) is 0 Å². The van der Waals surface area contributed by atoms with Crippen molar-refractivity contribution in [2.45, 2.75) is 13.5 Å². The summed E-state index contributed by atoms with van der Waals surface area (Å²) < 4.78 is 6.63. The number of halogens is 1. The molecule has 0 saturated heterocycles. The lowest BCUT2D eigenvalue weighted by Crippen LogP contribution is -2.05. The Morgan fingerprint density at radius 3 is 2.63 bits per heavy atom. The molecule has 4 heteroatoms. The molecule has 0 unspecified atom stereocenters. The second-order valence-corrected chi connectivity index (χ2v) is 4.99. The molecule has 2 rings (SSSR count). The molecule has 0 aliphatic rings. The van der Waals surface area contributed by atoms with E-state index in [-0.39, 0.29) is 5.56 Å². The monoisotopic (exact) mass is 320 g/mol. The van der Waals surface area contributed by atoms with Gasteiger partial charge in [-0.05, 0) is 24.6 Å². The molecule has 2 aromatic rings. The van der Waals surface area contributed by atoms with E-state index in [4.69, 9.17) is 9.84 Å². The topological polar surface area (TPSA) is 46.5 Å². The zero-order valence-corrected chi connectivity index (χ0v) is 12.0. The fourth-order valence-electron chi connectivity index (χ4n) is 1.78.